The Morgan fingerprint density at radius 1 is 1.19 bits per heavy atom. The maximum atomic E-state index is 13.9. The molecule has 4 rings (SSSR count). The number of aryl methyl sites for hydroxylation is 1. The molecule has 0 spiro atoms. The fraction of sp³-hybridized carbons (Fsp3) is 0.158. The van der Waals surface area contributed by atoms with E-state index in [0.29, 0.717) is 16.5 Å². The van der Waals surface area contributed by atoms with E-state index in [2.05, 4.69) is 15.9 Å². The van der Waals surface area contributed by atoms with Crippen molar-refractivity contribution in [3.05, 3.63) is 80.4 Å². The van der Waals surface area contributed by atoms with Crippen molar-refractivity contribution in [3.8, 4) is 5.69 Å². The van der Waals surface area contributed by atoms with E-state index in [1.807, 2.05) is 30.3 Å². The predicted molar refractivity (Wildman–Crippen MR) is 108 cm³/mol. The Morgan fingerprint density at radius 2 is 1.96 bits per heavy atom. The summed E-state index contributed by atoms with van der Waals surface area (Å²) in [5, 5.41) is 0.599. The number of hydrogen-bond donors (Lipinski definition) is 0. The Kier molecular flexibility index (Phi) is 5.20. The molecule has 0 unspecified atom stereocenters. The Hall–Kier alpha value is -1.57. The molecule has 1 aromatic heterocycles. The summed E-state index contributed by atoms with van der Waals surface area (Å²) < 4.78 is 16.5. The van der Waals surface area contributed by atoms with Gasteiger partial charge < -0.3 is 0 Å². The summed E-state index contributed by atoms with van der Waals surface area (Å²) in [5.41, 5.74) is 2.17. The van der Waals surface area contributed by atoms with Crippen LogP contribution in [0.3, 0.4) is 0 Å². The van der Waals surface area contributed by atoms with Crippen LogP contribution in [0.2, 0.25) is 0 Å². The summed E-state index contributed by atoms with van der Waals surface area (Å²) in [7, 11) is 0. The van der Waals surface area contributed by atoms with E-state index in [1.54, 1.807) is 28.5 Å². The molecule has 1 aliphatic rings. The van der Waals surface area contributed by atoms with Gasteiger partial charge in [0.25, 0.3) is 5.56 Å². The third kappa shape index (κ3) is 3.48. The van der Waals surface area contributed by atoms with Crippen LogP contribution in [0.25, 0.3) is 5.69 Å². The van der Waals surface area contributed by atoms with Crippen molar-refractivity contribution in [1.29, 1.82) is 0 Å². The minimum absolute atomic E-state index is 0.0455. The summed E-state index contributed by atoms with van der Waals surface area (Å²) in [4.78, 5) is 18.5. The zero-order valence-corrected chi connectivity index (χ0v) is 16.8. The van der Waals surface area contributed by atoms with Gasteiger partial charge in [0, 0.05) is 22.4 Å². The number of aromatic nitrogens is 2. The second-order valence-corrected chi connectivity index (χ2v) is 8.73. The topological polar surface area (TPSA) is 34.9 Å². The molecular formula is C19H14BrFN2OS2. The lowest BCUT2D eigenvalue weighted by molar-refractivity contribution is 0.617. The molecule has 0 aliphatic carbocycles. The highest BCUT2D eigenvalue weighted by atomic mass is 79.9. The molecule has 26 heavy (non-hydrogen) atoms. The van der Waals surface area contributed by atoms with Gasteiger partial charge >= 0.3 is 0 Å². The van der Waals surface area contributed by atoms with Crippen molar-refractivity contribution in [1.82, 2.24) is 9.55 Å². The molecular weight excluding hydrogens is 435 g/mol. The monoisotopic (exact) mass is 448 g/mol. The molecule has 0 saturated heterocycles. The molecule has 7 heteroatoms. The summed E-state index contributed by atoms with van der Waals surface area (Å²) in [6, 6.07) is 14.2. The average molecular weight is 449 g/mol. The number of nitrogens with zero attached hydrogens (tertiary/aromatic N) is 2. The van der Waals surface area contributed by atoms with Gasteiger partial charge in [0.2, 0.25) is 0 Å². The lowest BCUT2D eigenvalue weighted by Crippen LogP contribution is -2.23. The van der Waals surface area contributed by atoms with Crippen molar-refractivity contribution in [2.45, 2.75) is 22.2 Å². The van der Waals surface area contributed by atoms with Crippen LogP contribution in [0.15, 0.2) is 67.9 Å². The van der Waals surface area contributed by atoms with Crippen LogP contribution >= 0.6 is 39.5 Å². The maximum absolute atomic E-state index is 13.9. The molecule has 0 radical (unpaired) electrons. The van der Waals surface area contributed by atoms with E-state index in [1.165, 1.54) is 17.8 Å². The van der Waals surface area contributed by atoms with Crippen LogP contribution in [0.4, 0.5) is 4.39 Å². The molecule has 0 bridgehead atoms. The number of rotatable bonds is 4. The van der Waals surface area contributed by atoms with Gasteiger partial charge in [-0.05, 0) is 35.9 Å². The van der Waals surface area contributed by atoms with Crippen molar-refractivity contribution >= 4 is 39.5 Å². The van der Waals surface area contributed by atoms with Crippen molar-refractivity contribution in [2.24, 2.45) is 0 Å². The van der Waals surface area contributed by atoms with Crippen LogP contribution in [0.1, 0.15) is 11.3 Å². The van der Waals surface area contributed by atoms with E-state index >= 15 is 0 Å². The Labute approximate surface area is 167 Å². The molecule has 0 N–H and O–H groups in total. The standard InChI is InChI=1S/C19H14BrFN2OS2/c20-13-5-7-14(8-6-13)23-18(24)17-16(9-10-25-17)22-19(23)26-11-12-3-1-2-4-15(12)21/h1-8H,9-11H2. The van der Waals surface area contributed by atoms with E-state index in [4.69, 9.17) is 4.98 Å². The van der Waals surface area contributed by atoms with Gasteiger partial charge in [0.05, 0.1) is 16.3 Å². The van der Waals surface area contributed by atoms with Crippen LogP contribution in [-0.4, -0.2) is 15.3 Å². The zero-order valence-electron chi connectivity index (χ0n) is 13.6. The second-order valence-electron chi connectivity index (χ2n) is 5.77. The lowest BCUT2D eigenvalue weighted by Gasteiger charge is -2.14. The zero-order chi connectivity index (χ0) is 18.1. The van der Waals surface area contributed by atoms with E-state index in [9.17, 15) is 9.18 Å². The molecule has 2 heterocycles. The van der Waals surface area contributed by atoms with E-state index in [0.717, 1.165) is 32.9 Å². The highest BCUT2D eigenvalue weighted by Crippen LogP contribution is 2.31. The fourth-order valence-corrected chi connectivity index (χ4v) is 5.07. The Morgan fingerprint density at radius 3 is 2.73 bits per heavy atom. The Balaban J connectivity index is 1.78. The van der Waals surface area contributed by atoms with Crippen LogP contribution < -0.4 is 5.56 Å². The first-order valence-corrected chi connectivity index (χ1v) is 10.8. The van der Waals surface area contributed by atoms with Gasteiger partial charge in [-0.15, -0.1) is 11.8 Å². The quantitative estimate of drug-likeness (QED) is 0.411. The summed E-state index contributed by atoms with van der Waals surface area (Å²) in [6.45, 7) is 0. The smallest absolute Gasteiger partial charge is 0.268 e. The molecule has 0 saturated carbocycles. The second kappa shape index (κ2) is 7.58. The minimum atomic E-state index is -0.241. The first kappa shape index (κ1) is 17.8. The van der Waals surface area contributed by atoms with Crippen LogP contribution in [0, 0.1) is 5.82 Å². The summed E-state index contributed by atoms with van der Waals surface area (Å²) >= 11 is 6.36. The average Bonchev–Trinajstić information content (AvgIpc) is 3.11. The van der Waals surface area contributed by atoms with Gasteiger partial charge in [-0.1, -0.05) is 45.9 Å². The van der Waals surface area contributed by atoms with Gasteiger partial charge in [-0.2, -0.15) is 0 Å². The third-order valence-electron chi connectivity index (χ3n) is 4.07. The first-order chi connectivity index (χ1) is 12.6. The summed E-state index contributed by atoms with van der Waals surface area (Å²) in [6.07, 6.45) is 0.795. The SMILES string of the molecule is O=c1c2c(nc(SCc3ccccc3F)n1-c1ccc(Br)cc1)CCS2. The summed E-state index contributed by atoms with van der Waals surface area (Å²) in [5.74, 6) is 1.05. The van der Waals surface area contributed by atoms with Crippen LogP contribution in [-0.2, 0) is 12.2 Å². The van der Waals surface area contributed by atoms with Crippen molar-refractivity contribution in [2.75, 3.05) is 5.75 Å². The van der Waals surface area contributed by atoms with Crippen LogP contribution in [0.5, 0.6) is 0 Å². The van der Waals surface area contributed by atoms with Gasteiger partial charge in [-0.25, -0.2) is 9.37 Å². The number of thioether (sulfide) groups is 2. The van der Waals surface area contributed by atoms with Gasteiger partial charge in [-0.3, -0.25) is 9.36 Å². The Bertz CT molecular complexity index is 1020. The van der Waals surface area contributed by atoms with E-state index < -0.39 is 0 Å². The molecule has 2 aromatic carbocycles. The highest BCUT2D eigenvalue weighted by molar-refractivity contribution is 9.10. The molecule has 1 aliphatic heterocycles. The third-order valence-corrected chi connectivity index (χ3v) is 6.69. The van der Waals surface area contributed by atoms with E-state index in [-0.39, 0.29) is 11.4 Å². The number of hydrogen-bond acceptors (Lipinski definition) is 4. The molecule has 0 amide bonds. The number of fused-ring (bicyclic) bond motifs is 1. The van der Waals surface area contributed by atoms with Crippen molar-refractivity contribution in [3.63, 3.8) is 0 Å². The maximum Gasteiger partial charge on any atom is 0.272 e. The number of halogens is 2. The van der Waals surface area contributed by atoms with Crippen molar-refractivity contribution < 1.29 is 4.39 Å². The molecule has 3 aromatic rings. The first-order valence-electron chi connectivity index (χ1n) is 8.04. The largest absolute Gasteiger partial charge is 0.272 e. The predicted octanol–water partition coefficient (Wildman–Crippen LogP) is 5.07. The highest BCUT2D eigenvalue weighted by Gasteiger charge is 2.22. The number of benzene rings is 2. The van der Waals surface area contributed by atoms with Gasteiger partial charge in [0.1, 0.15) is 5.82 Å². The fourth-order valence-electron chi connectivity index (χ4n) is 2.76. The molecule has 0 fully saturated rings. The minimum Gasteiger partial charge on any atom is -0.268 e. The lowest BCUT2D eigenvalue weighted by atomic mass is 10.2. The molecule has 3 nitrogen and oxygen atoms in total. The van der Waals surface area contributed by atoms with Gasteiger partial charge in [0.15, 0.2) is 5.16 Å². The molecule has 132 valence electrons. The molecule has 0 atom stereocenters. The normalized spacial score (nSPS) is 13.0.